The van der Waals surface area contributed by atoms with E-state index in [9.17, 15) is 0 Å². The van der Waals surface area contributed by atoms with Crippen molar-refractivity contribution in [3.63, 3.8) is 0 Å². The summed E-state index contributed by atoms with van der Waals surface area (Å²) < 4.78 is 5.80. The van der Waals surface area contributed by atoms with Gasteiger partial charge in [0.2, 0.25) is 0 Å². The van der Waals surface area contributed by atoms with Crippen LogP contribution >= 0.6 is 0 Å². The zero-order chi connectivity index (χ0) is 13.8. The molecule has 2 atom stereocenters. The maximum absolute atomic E-state index is 6.29. The van der Waals surface area contributed by atoms with Crippen molar-refractivity contribution >= 4 is 5.82 Å². The molecule has 0 saturated carbocycles. The van der Waals surface area contributed by atoms with Crippen LogP contribution in [-0.2, 0) is 11.2 Å². The van der Waals surface area contributed by atoms with E-state index in [-0.39, 0.29) is 17.6 Å². The minimum Gasteiger partial charge on any atom is -0.384 e. The van der Waals surface area contributed by atoms with Gasteiger partial charge in [0.25, 0.3) is 0 Å². The zero-order valence-electron chi connectivity index (χ0n) is 11.8. The van der Waals surface area contributed by atoms with Crippen molar-refractivity contribution in [3.05, 3.63) is 23.9 Å². The van der Waals surface area contributed by atoms with Gasteiger partial charge in [-0.05, 0) is 36.5 Å². The molecule has 0 aliphatic heterocycles. The fraction of sp³-hybridized carbons (Fsp3) is 0.643. The van der Waals surface area contributed by atoms with Crippen molar-refractivity contribution in [2.24, 2.45) is 11.1 Å². The summed E-state index contributed by atoms with van der Waals surface area (Å²) in [4.78, 5) is 3.98. The molecule has 0 aliphatic carbocycles. The Balaban J connectivity index is 2.75. The third-order valence-corrected chi connectivity index (χ3v) is 2.91. The van der Waals surface area contributed by atoms with Gasteiger partial charge in [-0.2, -0.15) is 0 Å². The standard InChI is InChI=1S/C14H25N3O/c1-5-18-13(14(2,3)4)11(15)8-10-6-7-17-12(16)9-10/h6-7,9,11,13H,5,8,15H2,1-4H3,(H2,16,17). The van der Waals surface area contributed by atoms with E-state index in [1.165, 1.54) is 0 Å². The van der Waals surface area contributed by atoms with Gasteiger partial charge in [0.15, 0.2) is 0 Å². The van der Waals surface area contributed by atoms with Gasteiger partial charge in [0.1, 0.15) is 5.82 Å². The van der Waals surface area contributed by atoms with Gasteiger partial charge in [-0.1, -0.05) is 20.8 Å². The van der Waals surface area contributed by atoms with Crippen LogP contribution in [0.5, 0.6) is 0 Å². The molecule has 0 fully saturated rings. The highest BCUT2D eigenvalue weighted by Gasteiger charge is 2.30. The van der Waals surface area contributed by atoms with Crippen molar-refractivity contribution in [2.45, 2.75) is 46.3 Å². The molecule has 0 radical (unpaired) electrons. The Morgan fingerprint density at radius 2 is 2.06 bits per heavy atom. The Morgan fingerprint density at radius 1 is 1.39 bits per heavy atom. The number of nitrogens with zero attached hydrogens (tertiary/aromatic N) is 1. The summed E-state index contributed by atoms with van der Waals surface area (Å²) in [6, 6.07) is 3.76. The summed E-state index contributed by atoms with van der Waals surface area (Å²) >= 11 is 0. The van der Waals surface area contributed by atoms with Crippen LogP contribution in [0.25, 0.3) is 0 Å². The Kier molecular flexibility index (Phi) is 5.11. The predicted molar refractivity (Wildman–Crippen MR) is 75.2 cm³/mol. The Hall–Kier alpha value is -1.13. The van der Waals surface area contributed by atoms with Gasteiger partial charge in [0, 0.05) is 18.8 Å². The average molecular weight is 251 g/mol. The number of hydrogen-bond acceptors (Lipinski definition) is 4. The second-order valence-corrected chi connectivity index (χ2v) is 5.70. The number of nitrogen functional groups attached to an aromatic ring is 1. The molecule has 102 valence electrons. The number of hydrogen-bond donors (Lipinski definition) is 2. The van der Waals surface area contributed by atoms with E-state index in [1.807, 2.05) is 19.1 Å². The Morgan fingerprint density at radius 3 is 2.56 bits per heavy atom. The van der Waals surface area contributed by atoms with E-state index in [1.54, 1.807) is 6.20 Å². The first-order valence-electron chi connectivity index (χ1n) is 6.42. The average Bonchev–Trinajstić information content (AvgIpc) is 2.24. The summed E-state index contributed by atoms with van der Waals surface area (Å²) in [5, 5.41) is 0. The molecule has 0 spiro atoms. The zero-order valence-corrected chi connectivity index (χ0v) is 11.8. The fourth-order valence-corrected chi connectivity index (χ4v) is 2.20. The van der Waals surface area contributed by atoms with E-state index in [2.05, 4.69) is 25.8 Å². The number of aromatic nitrogens is 1. The minimum atomic E-state index is -0.0493. The molecule has 4 nitrogen and oxygen atoms in total. The van der Waals surface area contributed by atoms with E-state index < -0.39 is 0 Å². The van der Waals surface area contributed by atoms with E-state index in [0.29, 0.717) is 12.4 Å². The topological polar surface area (TPSA) is 74.2 Å². The van der Waals surface area contributed by atoms with E-state index in [4.69, 9.17) is 16.2 Å². The summed E-state index contributed by atoms with van der Waals surface area (Å²) in [6.45, 7) is 9.11. The van der Waals surface area contributed by atoms with Crippen molar-refractivity contribution in [3.8, 4) is 0 Å². The van der Waals surface area contributed by atoms with Crippen LogP contribution in [0, 0.1) is 5.41 Å². The van der Waals surface area contributed by atoms with Crippen LogP contribution < -0.4 is 11.5 Å². The number of rotatable bonds is 5. The van der Waals surface area contributed by atoms with Crippen LogP contribution in [0.4, 0.5) is 5.82 Å². The summed E-state index contributed by atoms with van der Waals surface area (Å²) in [6.07, 6.45) is 2.48. The van der Waals surface area contributed by atoms with Crippen molar-refractivity contribution in [2.75, 3.05) is 12.3 Å². The van der Waals surface area contributed by atoms with Crippen molar-refractivity contribution < 1.29 is 4.74 Å². The van der Waals surface area contributed by atoms with Crippen LogP contribution in [-0.4, -0.2) is 23.7 Å². The number of ether oxygens (including phenoxy) is 1. The molecule has 0 aromatic carbocycles. The molecule has 0 bridgehead atoms. The molecule has 4 N–H and O–H groups in total. The van der Waals surface area contributed by atoms with E-state index in [0.717, 1.165) is 12.0 Å². The van der Waals surface area contributed by atoms with Crippen LogP contribution in [0.1, 0.15) is 33.3 Å². The number of pyridine rings is 1. The van der Waals surface area contributed by atoms with Gasteiger partial charge in [0.05, 0.1) is 6.10 Å². The van der Waals surface area contributed by atoms with Crippen LogP contribution in [0.3, 0.4) is 0 Å². The molecule has 0 aliphatic rings. The normalized spacial score (nSPS) is 15.4. The molecular formula is C14H25N3O. The summed E-state index contributed by atoms with van der Waals surface area (Å²) in [5.74, 6) is 0.531. The molecule has 0 amide bonds. The first-order valence-corrected chi connectivity index (χ1v) is 6.42. The summed E-state index contributed by atoms with van der Waals surface area (Å²) in [7, 11) is 0. The maximum atomic E-state index is 6.29. The highest BCUT2D eigenvalue weighted by Crippen LogP contribution is 2.25. The molecule has 1 heterocycles. The smallest absolute Gasteiger partial charge is 0.123 e. The molecule has 1 rings (SSSR count). The van der Waals surface area contributed by atoms with Gasteiger partial charge in [-0.3, -0.25) is 0 Å². The predicted octanol–water partition coefficient (Wildman–Crippen LogP) is 1.98. The Labute approximate surface area is 110 Å². The van der Waals surface area contributed by atoms with Crippen LogP contribution in [0.15, 0.2) is 18.3 Å². The molecule has 1 aromatic rings. The second-order valence-electron chi connectivity index (χ2n) is 5.70. The van der Waals surface area contributed by atoms with Gasteiger partial charge in [-0.25, -0.2) is 4.98 Å². The molecular weight excluding hydrogens is 226 g/mol. The van der Waals surface area contributed by atoms with Crippen molar-refractivity contribution in [1.82, 2.24) is 4.98 Å². The van der Waals surface area contributed by atoms with Crippen molar-refractivity contribution in [1.29, 1.82) is 0 Å². The van der Waals surface area contributed by atoms with Gasteiger partial charge in [-0.15, -0.1) is 0 Å². The highest BCUT2D eigenvalue weighted by atomic mass is 16.5. The Bertz CT molecular complexity index is 374. The molecule has 2 unspecified atom stereocenters. The van der Waals surface area contributed by atoms with Gasteiger partial charge < -0.3 is 16.2 Å². The fourth-order valence-electron chi connectivity index (χ4n) is 2.20. The van der Waals surface area contributed by atoms with E-state index >= 15 is 0 Å². The lowest BCUT2D eigenvalue weighted by molar-refractivity contribution is -0.0274. The lowest BCUT2D eigenvalue weighted by Gasteiger charge is -2.35. The molecule has 4 heteroatoms. The van der Waals surface area contributed by atoms with Crippen LogP contribution in [0.2, 0.25) is 0 Å². The third kappa shape index (κ3) is 4.27. The quantitative estimate of drug-likeness (QED) is 0.839. The lowest BCUT2D eigenvalue weighted by atomic mass is 9.83. The molecule has 1 aromatic heterocycles. The minimum absolute atomic E-state index is 0.0218. The second kappa shape index (κ2) is 6.16. The largest absolute Gasteiger partial charge is 0.384 e. The number of nitrogens with two attached hydrogens (primary N) is 2. The first kappa shape index (κ1) is 14.9. The third-order valence-electron chi connectivity index (χ3n) is 2.91. The summed E-state index contributed by atoms with van der Waals surface area (Å²) in [5.41, 5.74) is 13.1. The maximum Gasteiger partial charge on any atom is 0.123 e. The highest BCUT2D eigenvalue weighted by molar-refractivity contribution is 5.32. The molecule has 18 heavy (non-hydrogen) atoms. The monoisotopic (exact) mass is 251 g/mol. The first-order chi connectivity index (χ1) is 8.34. The van der Waals surface area contributed by atoms with Gasteiger partial charge >= 0.3 is 0 Å². The number of anilines is 1. The molecule has 0 saturated heterocycles. The lowest BCUT2D eigenvalue weighted by Crippen LogP contribution is -2.46. The SMILES string of the molecule is CCOC(C(N)Cc1ccnc(N)c1)C(C)(C)C.